The van der Waals surface area contributed by atoms with Crippen LogP contribution in [-0.4, -0.2) is 41.2 Å². The molecule has 6 heteroatoms. The van der Waals surface area contributed by atoms with Gasteiger partial charge < -0.3 is 0 Å². The van der Waals surface area contributed by atoms with Crippen LogP contribution in [0.15, 0.2) is 24.3 Å². The van der Waals surface area contributed by atoms with Gasteiger partial charge in [0.05, 0.1) is 0 Å². The van der Waals surface area contributed by atoms with E-state index in [1.807, 2.05) is 0 Å². The van der Waals surface area contributed by atoms with Gasteiger partial charge in [-0.15, -0.1) is 0 Å². The summed E-state index contributed by atoms with van der Waals surface area (Å²) in [6.07, 6.45) is 25.8. The van der Waals surface area contributed by atoms with E-state index in [0.29, 0.717) is 0 Å². The molecule has 0 heterocycles. The molecule has 0 aromatic carbocycles. The summed E-state index contributed by atoms with van der Waals surface area (Å²) < 4.78 is 25.4. The van der Waals surface area contributed by atoms with Crippen LogP contribution < -0.4 is 0 Å². The molecule has 138 valence electrons. The molecular formula is C18H35NaO3S2. The van der Waals surface area contributed by atoms with E-state index < -0.39 is 9.05 Å². The summed E-state index contributed by atoms with van der Waals surface area (Å²) in [7, 11) is -3.83. The zero-order valence-corrected chi connectivity index (χ0v) is 19.3. The molecule has 0 bridgehead atoms. The Morgan fingerprint density at radius 2 is 1.25 bits per heavy atom. The Morgan fingerprint density at radius 3 is 1.71 bits per heavy atom. The minimum absolute atomic E-state index is 1.13. The molecule has 0 atom stereocenters. The van der Waals surface area contributed by atoms with E-state index in [0.717, 1.165) is 6.42 Å². The van der Waals surface area contributed by atoms with Crippen molar-refractivity contribution in [3.05, 3.63) is 24.3 Å². The summed E-state index contributed by atoms with van der Waals surface area (Å²) in [6, 6.07) is 0. The van der Waals surface area contributed by atoms with Crippen LogP contribution in [0.2, 0.25) is 3.67 Å². The van der Waals surface area contributed by atoms with Crippen molar-refractivity contribution in [2.45, 2.75) is 87.6 Å². The van der Waals surface area contributed by atoms with Gasteiger partial charge in [0.25, 0.3) is 9.05 Å². The van der Waals surface area contributed by atoms with Gasteiger partial charge in [-0.3, -0.25) is 9.11 Å². The summed E-state index contributed by atoms with van der Waals surface area (Å²) in [5.41, 5.74) is 0. The molecule has 0 aromatic rings. The second-order valence-corrected chi connectivity index (χ2v) is 9.23. The molecule has 0 radical (unpaired) electrons. The standard InChI is InChI=1S/C18H33.Na.H2O3S2/c1-3-5-7-9-11-13-15-17-18-16-14-12-10-8-6-4-2;;1-5(2,3)4/h12,14,17-18H,1,3-11,13,15-16H2,2H3;;(H2,1,2,3,4)/b14-12-,18-17-;;. The van der Waals surface area contributed by atoms with E-state index in [4.69, 9.17) is 13.3 Å². The summed E-state index contributed by atoms with van der Waals surface area (Å²) in [6.45, 7) is 2.26. The molecule has 0 fully saturated rings. The van der Waals surface area contributed by atoms with Gasteiger partial charge in [0.15, 0.2) is 0 Å². The second kappa shape index (κ2) is 21.8. The number of rotatable bonds is 14. The Hall–Kier alpha value is 0.770. The molecular weight excluding hydrogens is 351 g/mol. The van der Waals surface area contributed by atoms with Gasteiger partial charge in [0, 0.05) is 11.2 Å². The van der Waals surface area contributed by atoms with Crippen molar-refractivity contribution in [1.82, 2.24) is 0 Å². The third kappa shape index (κ3) is 38.4. The van der Waals surface area contributed by atoms with Gasteiger partial charge in [-0.25, -0.2) is 0 Å². The Labute approximate surface area is 172 Å². The van der Waals surface area contributed by atoms with Crippen molar-refractivity contribution in [3.8, 4) is 0 Å². The van der Waals surface area contributed by atoms with Crippen LogP contribution in [0.4, 0.5) is 0 Å². The maximum Gasteiger partial charge on any atom is 0.263 e. The first-order valence-corrected chi connectivity index (χ1v) is 13.2. The predicted molar refractivity (Wildman–Crippen MR) is 111 cm³/mol. The third-order valence-corrected chi connectivity index (χ3v) is 4.26. The molecule has 24 heavy (non-hydrogen) atoms. The largest absolute Gasteiger partial charge is 0.285 e. The molecule has 0 amide bonds. The zero-order valence-electron chi connectivity index (χ0n) is 15.6. The van der Waals surface area contributed by atoms with Gasteiger partial charge in [0.1, 0.15) is 0 Å². The summed E-state index contributed by atoms with van der Waals surface area (Å²) in [5.74, 6) is 0. The van der Waals surface area contributed by atoms with E-state index in [9.17, 15) is 0 Å². The minimum atomic E-state index is -3.83. The molecule has 3 nitrogen and oxygen atoms in total. The molecule has 0 aromatic heterocycles. The zero-order chi connectivity index (χ0) is 18.5. The quantitative estimate of drug-likeness (QED) is 0.216. The molecule has 0 saturated heterocycles. The first-order chi connectivity index (χ1) is 11.4. The SMILES string of the molecule is CCCCC/C=C\C/C=C\CCCCCCC[CH2][Na].O=S(O)(O)=S. The van der Waals surface area contributed by atoms with Crippen molar-refractivity contribution in [1.29, 1.82) is 0 Å². The normalized spacial score (nSPS) is 11.9. The summed E-state index contributed by atoms with van der Waals surface area (Å²) in [4.78, 5) is 0. The first-order valence-electron chi connectivity index (χ1n) is 9.41. The first kappa shape index (κ1) is 27.0. The van der Waals surface area contributed by atoms with Gasteiger partial charge >= 0.3 is 101 Å². The van der Waals surface area contributed by atoms with E-state index in [-0.39, 0.29) is 0 Å². The maximum atomic E-state index is 9.11. The predicted octanol–water partition coefficient (Wildman–Crippen LogP) is 6.07. The Bertz CT molecular complexity index is 385. The van der Waals surface area contributed by atoms with E-state index in [1.165, 1.54) is 102 Å². The Balaban J connectivity index is 0. The number of allylic oxidation sites excluding steroid dienone is 4. The molecule has 0 saturated carbocycles. The number of unbranched alkanes of at least 4 members (excludes halogenated alkanes) is 9. The third-order valence-electron chi connectivity index (χ3n) is 3.55. The van der Waals surface area contributed by atoms with Crippen LogP contribution in [-0.2, 0) is 20.2 Å². The van der Waals surface area contributed by atoms with Crippen molar-refractivity contribution < 1.29 is 13.3 Å². The summed E-state index contributed by atoms with van der Waals surface area (Å²) in [5, 5.41) is 0. The van der Waals surface area contributed by atoms with Crippen LogP contribution in [0.1, 0.15) is 84.0 Å². The molecule has 0 unspecified atom stereocenters. The monoisotopic (exact) mass is 386 g/mol. The minimum Gasteiger partial charge on any atom is -0.285 e. The maximum absolute atomic E-state index is 9.11. The fraction of sp³-hybridized carbons (Fsp3) is 0.778. The van der Waals surface area contributed by atoms with Crippen molar-refractivity contribution in [3.63, 3.8) is 0 Å². The smallest absolute Gasteiger partial charge is 0.263 e. The summed E-state index contributed by atoms with van der Waals surface area (Å²) >= 11 is 4.86. The Morgan fingerprint density at radius 1 is 0.833 bits per heavy atom. The van der Waals surface area contributed by atoms with Crippen LogP contribution in [0.3, 0.4) is 0 Å². The fourth-order valence-corrected chi connectivity index (χ4v) is 2.74. The molecule has 2 N–H and O–H groups in total. The molecule has 0 aliphatic rings. The van der Waals surface area contributed by atoms with Crippen LogP contribution in [0.5, 0.6) is 0 Å². The number of hydrogen-bond acceptors (Lipinski definition) is 2. The molecule has 0 spiro atoms. The average molecular weight is 387 g/mol. The van der Waals surface area contributed by atoms with Crippen LogP contribution in [0.25, 0.3) is 0 Å². The van der Waals surface area contributed by atoms with Crippen molar-refractivity contribution in [2.24, 2.45) is 0 Å². The topological polar surface area (TPSA) is 57.5 Å². The molecule has 0 rings (SSSR count). The van der Waals surface area contributed by atoms with Crippen molar-refractivity contribution >= 4 is 48.2 Å². The Kier molecular flexibility index (Phi) is 24.5. The second-order valence-electron chi connectivity index (χ2n) is 6.03. The van der Waals surface area contributed by atoms with E-state index >= 15 is 0 Å². The van der Waals surface area contributed by atoms with Gasteiger partial charge in [-0.05, 0) is 12.8 Å². The van der Waals surface area contributed by atoms with Crippen LogP contribution >= 0.6 is 0 Å². The fourth-order valence-electron chi connectivity index (χ4n) is 2.24. The van der Waals surface area contributed by atoms with Gasteiger partial charge in [0.2, 0.25) is 0 Å². The van der Waals surface area contributed by atoms with Gasteiger partial charge in [-0.2, -0.15) is 4.21 Å². The van der Waals surface area contributed by atoms with Crippen molar-refractivity contribution in [2.75, 3.05) is 0 Å². The van der Waals surface area contributed by atoms with Crippen LogP contribution in [0, 0.1) is 0 Å². The van der Waals surface area contributed by atoms with E-state index in [1.54, 1.807) is 0 Å². The average Bonchev–Trinajstić information content (AvgIpc) is 2.49. The van der Waals surface area contributed by atoms with Gasteiger partial charge in [-0.1, -0.05) is 25.8 Å². The van der Waals surface area contributed by atoms with E-state index in [2.05, 4.69) is 42.4 Å². The molecule has 0 aliphatic heterocycles. The number of hydrogen-bond donors (Lipinski definition) is 2. The molecule has 0 aliphatic carbocycles.